The highest BCUT2D eigenvalue weighted by Gasteiger charge is 2.32. The minimum Gasteiger partial charge on any atom is -0.393 e. The lowest BCUT2D eigenvalue weighted by Gasteiger charge is -2.31. The minimum atomic E-state index is -3.50. The number of nitrogens with zero attached hydrogens (tertiary/aromatic N) is 1. The molecule has 1 aliphatic heterocycles. The zero-order chi connectivity index (χ0) is 20.3. The Morgan fingerprint density at radius 3 is 2.57 bits per heavy atom. The number of benzene rings is 1. The molecule has 2 aliphatic rings. The first-order chi connectivity index (χ1) is 13.3. The topological polar surface area (TPSA) is 86.7 Å². The summed E-state index contributed by atoms with van der Waals surface area (Å²) in [6.07, 6.45) is 4.44. The molecule has 1 saturated heterocycles. The average molecular weight is 409 g/mol. The van der Waals surface area contributed by atoms with E-state index in [1.165, 1.54) is 9.87 Å². The number of sulfonamides is 1. The van der Waals surface area contributed by atoms with E-state index >= 15 is 0 Å². The van der Waals surface area contributed by atoms with Crippen LogP contribution in [0.3, 0.4) is 0 Å². The molecule has 1 aromatic carbocycles. The number of aliphatic hydroxyl groups excluding tert-OH is 1. The normalized spacial score (nSPS) is 20.5. The number of hydrogen-bond donors (Lipinski definition) is 2. The van der Waals surface area contributed by atoms with Gasteiger partial charge in [0.1, 0.15) is 0 Å². The summed E-state index contributed by atoms with van der Waals surface area (Å²) in [5.41, 5.74) is 2.42. The molecule has 0 bridgehead atoms. The van der Waals surface area contributed by atoms with Crippen LogP contribution in [0.1, 0.15) is 50.7 Å². The Hall–Kier alpha value is -1.44. The molecule has 1 amide bonds. The molecule has 28 heavy (non-hydrogen) atoms. The molecule has 1 heterocycles. The summed E-state index contributed by atoms with van der Waals surface area (Å²) in [5, 5.41) is 12.4. The number of nitrogens with one attached hydrogen (secondary N) is 1. The Kier molecular flexibility index (Phi) is 6.78. The molecule has 2 N–H and O–H groups in total. The second-order valence-electron chi connectivity index (χ2n) is 8.40. The van der Waals surface area contributed by atoms with Crippen molar-refractivity contribution in [2.75, 3.05) is 19.6 Å². The van der Waals surface area contributed by atoms with Crippen LogP contribution in [0.25, 0.3) is 0 Å². The smallest absolute Gasteiger partial charge is 0.243 e. The van der Waals surface area contributed by atoms with Crippen molar-refractivity contribution in [3.05, 3.63) is 29.3 Å². The molecule has 1 fully saturated rings. The number of rotatable bonds is 7. The minimum absolute atomic E-state index is 0.00739. The summed E-state index contributed by atoms with van der Waals surface area (Å²) in [4.78, 5) is 12.8. The van der Waals surface area contributed by atoms with Crippen molar-refractivity contribution in [2.24, 2.45) is 11.8 Å². The summed E-state index contributed by atoms with van der Waals surface area (Å²) in [5.74, 6) is 0.0569. The van der Waals surface area contributed by atoms with Gasteiger partial charge in [0, 0.05) is 25.6 Å². The molecule has 0 aromatic heterocycles. The zero-order valence-corrected chi connectivity index (χ0v) is 17.7. The van der Waals surface area contributed by atoms with Gasteiger partial charge in [-0.25, -0.2) is 8.42 Å². The van der Waals surface area contributed by atoms with Crippen LogP contribution in [0.4, 0.5) is 0 Å². The molecule has 156 valence electrons. The Balaban J connectivity index is 1.53. The highest BCUT2D eigenvalue weighted by molar-refractivity contribution is 7.89. The molecular weight excluding hydrogens is 376 g/mol. The average Bonchev–Trinajstić information content (AvgIpc) is 3.13. The predicted molar refractivity (Wildman–Crippen MR) is 108 cm³/mol. The van der Waals surface area contributed by atoms with E-state index in [1.54, 1.807) is 13.0 Å². The number of carbonyl (C=O) groups is 1. The van der Waals surface area contributed by atoms with Crippen LogP contribution in [-0.2, 0) is 27.7 Å². The molecule has 6 nitrogen and oxygen atoms in total. The van der Waals surface area contributed by atoms with Crippen LogP contribution in [0.2, 0.25) is 0 Å². The van der Waals surface area contributed by atoms with E-state index in [1.807, 2.05) is 19.1 Å². The van der Waals surface area contributed by atoms with Crippen molar-refractivity contribution in [3.8, 4) is 0 Å². The van der Waals surface area contributed by atoms with Gasteiger partial charge in [-0.05, 0) is 74.6 Å². The van der Waals surface area contributed by atoms with Crippen LogP contribution in [0.5, 0.6) is 0 Å². The van der Waals surface area contributed by atoms with E-state index in [4.69, 9.17) is 0 Å². The zero-order valence-electron chi connectivity index (χ0n) is 16.9. The number of carbonyl (C=O) groups excluding carboxylic acids is 1. The Morgan fingerprint density at radius 1 is 1.21 bits per heavy atom. The number of amides is 1. The molecule has 0 saturated carbocycles. The fourth-order valence-electron chi connectivity index (χ4n) is 4.30. The van der Waals surface area contributed by atoms with Gasteiger partial charge in [0.15, 0.2) is 0 Å². The van der Waals surface area contributed by atoms with E-state index in [2.05, 4.69) is 5.32 Å². The van der Waals surface area contributed by atoms with Gasteiger partial charge >= 0.3 is 0 Å². The van der Waals surface area contributed by atoms with Gasteiger partial charge in [-0.2, -0.15) is 4.31 Å². The van der Waals surface area contributed by atoms with Gasteiger partial charge in [0.05, 0.1) is 11.0 Å². The lowest BCUT2D eigenvalue weighted by molar-refractivity contribution is -0.126. The molecule has 0 radical (unpaired) electrons. The van der Waals surface area contributed by atoms with E-state index in [0.717, 1.165) is 24.8 Å². The largest absolute Gasteiger partial charge is 0.393 e. The third-order valence-corrected chi connectivity index (χ3v) is 7.80. The second-order valence-corrected chi connectivity index (χ2v) is 10.3. The van der Waals surface area contributed by atoms with Crippen LogP contribution >= 0.6 is 0 Å². The molecule has 1 aliphatic carbocycles. The van der Waals surface area contributed by atoms with Crippen molar-refractivity contribution < 1.29 is 18.3 Å². The lowest BCUT2D eigenvalue weighted by Crippen LogP contribution is -2.43. The Labute approximate surface area is 168 Å². The second kappa shape index (κ2) is 8.93. The third kappa shape index (κ3) is 4.93. The summed E-state index contributed by atoms with van der Waals surface area (Å²) in [6, 6.07) is 5.51. The van der Waals surface area contributed by atoms with Crippen molar-refractivity contribution >= 4 is 15.9 Å². The van der Waals surface area contributed by atoms with Crippen LogP contribution in [0, 0.1) is 11.8 Å². The fourth-order valence-corrected chi connectivity index (χ4v) is 5.82. The number of hydrogen-bond acceptors (Lipinski definition) is 4. The maximum absolute atomic E-state index is 13.0. The van der Waals surface area contributed by atoms with E-state index in [-0.39, 0.29) is 23.8 Å². The van der Waals surface area contributed by atoms with Crippen molar-refractivity contribution in [3.63, 3.8) is 0 Å². The highest BCUT2D eigenvalue weighted by Crippen LogP contribution is 2.28. The van der Waals surface area contributed by atoms with Gasteiger partial charge in [0.2, 0.25) is 15.9 Å². The number of piperidine rings is 1. The summed E-state index contributed by atoms with van der Waals surface area (Å²) in [7, 11) is -3.50. The van der Waals surface area contributed by atoms with E-state index in [0.29, 0.717) is 43.8 Å². The Bertz CT molecular complexity index is 799. The summed E-state index contributed by atoms with van der Waals surface area (Å²) in [6.45, 7) is 5.03. The first-order valence-electron chi connectivity index (χ1n) is 10.3. The first-order valence-corrected chi connectivity index (χ1v) is 11.8. The van der Waals surface area contributed by atoms with Crippen LogP contribution < -0.4 is 5.32 Å². The van der Waals surface area contributed by atoms with Gasteiger partial charge < -0.3 is 10.4 Å². The molecule has 3 rings (SSSR count). The predicted octanol–water partition coefficient (Wildman–Crippen LogP) is 2.10. The van der Waals surface area contributed by atoms with Gasteiger partial charge in [0.25, 0.3) is 0 Å². The number of fused-ring (bicyclic) bond motifs is 1. The Morgan fingerprint density at radius 2 is 1.89 bits per heavy atom. The quantitative estimate of drug-likeness (QED) is 0.723. The molecule has 0 unspecified atom stereocenters. The van der Waals surface area contributed by atoms with E-state index < -0.39 is 10.0 Å². The van der Waals surface area contributed by atoms with Gasteiger partial charge in [-0.1, -0.05) is 13.0 Å². The molecular formula is C21H32N2O4S. The van der Waals surface area contributed by atoms with Crippen molar-refractivity contribution in [2.45, 2.75) is 63.4 Å². The molecule has 7 heteroatoms. The van der Waals surface area contributed by atoms with Gasteiger partial charge in [-0.3, -0.25) is 4.79 Å². The number of aliphatic hydroxyl groups is 1. The number of aryl methyl sites for hydroxylation is 2. The van der Waals surface area contributed by atoms with Crippen molar-refractivity contribution in [1.29, 1.82) is 0 Å². The summed E-state index contributed by atoms with van der Waals surface area (Å²) >= 11 is 0. The molecule has 1 aromatic rings. The van der Waals surface area contributed by atoms with Gasteiger partial charge in [-0.15, -0.1) is 0 Å². The van der Waals surface area contributed by atoms with Crippen molar-refractivity contribution in [1.82, 2.24) is 9.62 Å². The monoisotopic (exact) mass is 408 g/mol. The first kappa shape index (κ1) is 21.3. The van der Waals surface area contributed by atoms with Crippen LogP contribution in [0.15, 0.2) is 23.1 Å². The van der Waals surface area contributed by atoms with Crippen LogP contribution in [-0.4, -0.2) is 49.5 Å². The maximum Gasteiger partial charge on any atom is 0.243 e. The molecule has 2 atom stereocenters. The SMILES string of the molecule is C[C@H](CNC(=O)C1CCN(S(=O)(=O)c2ccc3c(c2)CCC3)CC1)C[C@H](C)O. The summed E-state index contributed by atoms with van der Waals surface area (Å²) < 4.78 is 27.5. The lowest BCUT2D eigenvalue weighted by atomic mass is 9.96. The third-order valence-electron chi connectivity index (χ3n) is 5.90. The standard InChI is InChI=1S/C21H32N2O4S/c1-15(12-16(2)24)14-22-21(25)18-8-10-23(11-9-18)28(26,27)20-7-6-17-4-3-5-19(17)13-20/h6-7,13,15-16,18,24H,3-5,8-12,14H2,1-2H3,(H,22,25)/t15-,16-/m0/s1. The maximum atomic E-state index is 13.0. The highest BCUT2D eigenvalue weighted by atomic mass is 32.2. The fraction of sp³-hybridized carbons (Fsp3) is 0.667. The van der Waals surface area contributed by atoms with E-state index in [9.17, 15) is 18.3 Å². The molecule has 0 spiro atoms.